The van der Waals surface area contributed by atoms with Crippen LogP contribution in [0.4, 0.5) is 13.2 Å². The van der Waals surface area contributed by atoms with Gasteiger partial charge in [0.25, 0.3) is 0 Å². The molecule has 0 radical (unpaired) electrons. The van der Waals surface area contributed by atoms with Crippen molar-refractivity contribution in [1.29, 1.82) is 0 Å². The Balaban J connectivity index is 2.52. The van der Waals surface area contributed by atoms with Crippen LogP contribution in [0.15, 0.2) is 0 Å². The van der Waals surface area contributed by atoms with E-state index >= 15 is 0 Å². The molecule has 0 aromatic carbocycles. The van der Waals surface area contributed by atoms with E-state index in [4.69, 9.17) is 5.11 Å². The smallest absolute Gasteiger partial charge is 0.391 e. The molecular weight excluding hydrogens is 259 g/mol. The highest BCUT2D eigenvalue weighted by Crippen LogP contribution is 2.39. The summed E-state index contributed by atoms with van der Waals surface area (Å²) in [6.07, 6.45) is -2.10. The van der Waals surface area contributed by atoms with Crippen LogP contribution in [0.2, 0.25) is 0 Å². The molecule has 1 saturated carbocycles. The second kappa shape index (κ2) is 7.12. The van der Waals surface area contributed by atoms with Crippen LogP contribution in [0.3, 0.4) is 0 Å². The predicted octanol–water partition coefficient (Wildman–Crippen LogP) is 2.63. The van der Waals surface area contributed by atoms with Crippen LogP contribution in [0.1, 0.15) is 45.4 Å². The molecule has 1 rings (SSSR count). The molecule has 6 heteroatoms. The fraction of sp³-hybridized carbons (Fsp3) is 0.923. The van der Waals surface area contributed by atoms with Gasteiger partial charge in [0.2, 0.25) is 5.91 Å². The zero-order chi connectivity index (χ0) is 14.5. The second-order valence-electron chi connectivity index (χ2n) is 5.23. The lowest BCUT2D eigenvalue weighted by Crippen LogP contribution is -2.42. The Hall–Kier alpha value is -0.780. The van der Waals surface area contributed by atoms with Crippen LogP contribution in [0.5, 0.6) is 0 Å². The first-order valence-electron chi connectivity index (χ1n) is 6.86. The van der Waals surface area contributed by atoms with Gasteiger partial charge in [-0.3, -0.25) is 4.79 Å². The third-order valence-corrected chi connectivity index (χ3v) is 3.82. The summed E-state index contributed by atoms with van der Waals surface area (Å²) in [7, 11) is 0. The molecule has 0 saturated heterocycles. The molecule has 1 fully saturated rings. The summed E-state index contributed by atoms with van der Waals surface area (Å²) in [6.45, 7) is 1.84. The van der Waals surface area contributed by atoms with Gasteiger partial charge in [-0.2, -0.15) is 13.2 Å². The van der Waals surface area contributed by atoms with Crippen LogP contribution in [0.25, 0.3) is 0 Å². The van der Waals surface area contributed by atoms with Crippen molar-refractivity contribution in [1.82, 2.24) is 5.32 Å². The van der Waals surface area contributed by atoms with Crippen molar-refractivity contribution in [2.45, 2.75) is 57.7 Å². The average Bonchev–Trinajstić information content (AvgIpc) is 2.37. The van der Waals surface area contributed by atoms with Crippen molar-refractivity contribution in [3.8, 4) is 0 Å². The van der Waals surface area contributed by atoms with E-state index in [0.717, 1.165) is 0 Å². The quantitative estimate of drug-likeness (QED) is 0.814. The first-order valence-corrected chi connectivity index (χ1v) is 6.86. The molecule has 3 unspecified atom stereocenters. The highest BCUT2D eigenvalue weighted by molar-refractivity contribution is 5.79. The monoisotopic (exact) mass is 281 g/mol. The lowest BCUT2D eigenvalue weighted by Gasteiger charge is -2.30. The van der Waals surface area contributed by atoms with Crippen LogP contribution in [-0.2, 0) is 4.79 Å². The normalized spacial score (nSPS) is 25.9. The molecule has 0 bridgehead atoms. The molecule has 112 valence electrons. The first kappa shape index (κ1) is 16.3. The number of amides is 1. The minimum atomic E-state index is -4.20. The molecule has 0 aliphatic heterocycles. The number of halogens is 3. The van der Waals surface area contributed by atoms with E-state index in [1.54, 1.807) is 0 Å². The van der Waals surface area contributed by atoms with E-state index in [9.17, 15) is 18.0 Å². The molecule has 3 nitrogen and oxygen atoms in total. The van der Waals surface area contributed by atoms with Gasteiger partial charge >= 0.3 is 6.18 Å². The van der Waals surface area contributed by atoms with Crippen molar-refractivity contribution < 1.29 is 23.1 Å². The second-order valence-corrected chi connectivity index (χ2v) is 5.23. The SMILES string of the molecule is CCC(CCO)NC(=O)C1CCCC(C(F)(F)F)C1. The topological polar surface area (TPSA) is 49.3 Å². The summed E-state index contributed by atoms with van der Waals surface area (Å²) < 4.78 is 38.0. The standard InChI is InChI=1S/C13H22F3NO2/c1-2-11(6-7-18)17-12(19)9-4-3-5-10(8-9)13(14,15)16/h9-11,18H,2-8H2,1H3,(H,17,19). The van der Waals surface area contributed by atoms with Gasteiger partial charge in [-0.05, 0) is 32.1 Å². The lowest BCUT2D eigenvalue weighted by molar-refractivity contribution is -0.186. The molecule has 1 aliphatic carbocycles. The molecule has 3 atom stereocenters. The number of nitrogens with one attached hydrogen (secondary N) is 1. The predicted molar refractivity (Wildman–Crippen MR) is 65.4 cm³/mol. The third-order valence-electron chi connectivity index (χ3n) is 3.82. The van der Waals surface area contributed by atoms with E-state index < -0.39 is 18.0 Å². The summed E-state index contributed by atoms with van der Waals surface area (Å²) in [6, 6.07) is -0.149. The van der Waals surface area contributed by atoms with Gasteiger partial charge in [-0.15, -0.1) is 0 Å². The minimum Gasteiger partial charge on any atom is -0.396 e. The Kier molecular flexibility index (Phi) is 6.10. The largest absolute Gasteiger partial charge is 0.396 e. The third kappa shape index (κ3) is 5.01. The van der Waals surface area contributed by atoms with Crippen molar-refractivity contribution in [3.63, 3.8) is 0 Å². The van der Waals surface area contributed by atoms with Gasteiger partial charge in [0, 0.05) is 18.6 Å². The zero-order valence-electron chi connectivity index (χ0n) is 11.2. The minimum absolute atomic E-state index is 0.0331. The number of hydrogen-bond acceptors (Lipinski definition) is 2. The highest BCUT2D eigenvalue weighted by Gasteiger charge is 2.43. The zero-order valence-corrected chi connectivity index (χ0v) is 11.2. The van der Waals surface area contributed by atoms with Crippen molar-refractivity contribution in [3.05, 3.63) is 0 Å². The maximum Gasteiger partial charge on any atom is 0.391 e. The van der Waals surface area contributed by atoms with Gasteiger partial charge in [0.05, 0.1) is 5.92 Å². The van der Waals surface area contributed by atoms with Gasteiger partial charge in [0.1, 0.15) is 0 Å². The van der Waals surface area contributed by atoms with Crippen molar-refractivity contribution in [2.75, 3.05) is 6.61 Å². The number of aliphatic hydroxyl groups is 1. The van der Waals surface area contributed by atoms with E-state index in [2.05, 4.69) is 5.32 Å². The fourth-order valence-electron chi connectivity index (χ4n) is 2.58. The molecule has 0 heterocycles. The van der Waals surface area contributed by atoms with Crippen LogP contribution in [0, 0.1) is 11.8 Å². The Bertz CT molecular complexity index is 294. The maximum absolute atomic E-state index is 12.7. The number of rotatable bonds is 5. The van der Waals surface area contributed by atoms with Crippen molar-refractivity contribution >= 4 is 5.91 Å². The van der Waals surface area contributed by atoms with Crippen LogP contribution in [-0.4, -0.2) is 29.8 Å². The van der Waals surface area contributed by atoms with E-state index in [-0.39, 0.29) is 31.4 Å². The number of hydrogen-bond donors (Lipinski definition) is 2. The average molecular weight is 281 g/mol. The van der Waals surface area contributed by atoms with Gasteiger partial charge in [-0.25, -0.2) is 0 Å². The maximum atomic E-state index is 12.7. The number of alkyl halides is 3. The molecule has 0 aromatic rings. The molecule has 0 aromatic heterocycles. The Labute approximate surface area is 111 Å². The summed E-state index contributed by atoms with van der Waals surface area (Å²) in [5.74, 6) is -2.20. The van der Waals surface area contributed by atoms with Crippen LogP contribution < -0.4 is 5.32 Å². The molecule has 19 heavy (non-hydrogen) atoms. The van der Waals surface area contributed by atoms with E-state index in [0.29, 0.717) is 25.7 Å². The van der Waals surface area contributed by atoms with E-state index in [1.807, 2.05) is 6.92 Å². The number of carbonyl (C=O) groups is 1. The summed E-state index contributed by atoms with van der Waals surface area (Å²) in [5, 5.41) is 11.6. The number of aliphatic hydroxyl groups excluding tert-OH is 1. The summed E-state index contributed by atoms with van der Waals surface area (Å²) in [4.78, 5) is 12.0. The van der Waals surface area contributed by atoms with Gasteiger partial charge in [-0.1, -0.05) is 13.3 Å². The van der Waals surface area contributed by atoms with Gasteiger partial charge in [0.15, 0.2) is 0 Å². The van der Waals surface area contributed by atoms with Gasteiger partial charge < -0.3 is 10.4 Å². The first-order chi connectivity index (χ1) is 8.88. The molecule has 1 aliphatic rings. The Morgan fingerprint density at radius 2 is 2.11 bits per heavy atom. The number of carbonyl (C=O) groups excluding carboxylic acids is 1. The summed E-state index contributed by atoms with van der Waals surface area (Å²) >= 11 is 0. The summed E-state index contributed by atoms with van der Waals surface area (Å²) in [5.41, 5.74) is 0. The Morgan fingerprint density at radius 1 is 1.42 bits per heavy atom. The lowest BCUT2D eigenvalue weighted by atomic mass is 9.80. The Morgan fingerprint density at radius 3 is 2.63 bits per heavy atom. The molecule has 2 N–H and O–H groups in total. The highest BCUT2D eigenvalue weighted by atomic mass is 19.4. The molecule has 0 spiro atoms. The molecule has 1 amide bonds. The van der Waals surface area contributed by atoms with Crippen molar-refractivity contribution in [2.24, 2.45) is 11.8 Å². The van der Waals surface area contributed by atoms with Crippen LogP contribution >= 0.6 is 0 Å². The molecular formula is C13H22F3NO2. The van der Waals surface area contributed by atoms with E-state index in [1.165, 1.54) is 0 Å². The fourth-order valence-corrected chi connectivity index (χ4v) is 2.58.